The number of urea groups is 1. The molecule has 0 atom stereocenters. The Balaban J connectivity index is 1.39. The fraction of sp³-hybridized carbons (Fsp3) is 0.481. The highest BCUT2D eigenvalue weighted by Crippen LogP contribution is 2.42. The Kier molecular flexibility index (Phi) is 7.17. The van der Waals surface area contributed by atoms with Gasteiger partial charge in [0.25, 0.3) is 5.92 Å². The number of nitrogens with zero attached hydrogens (tertiary/aromatic N) is 2. The molecule has 2 heterocycles. The summed E-state index contributed by atoms with van der Waals surface area (Å²) in [5.41, 5.74) is 6.19. The number of fused-ring (bicyclic) bond motifs is 1. The van der Waals surface area contributed by atoms with E-state index in [-0.39, 0.29) is 0 Å². The Morgan fingerprint density at radius 2 is 2.05 bits per heavy atom. The molecule has 2 aliphatic carbocycles. The molecule has 38 heavy (non-hydrogen) atoms. The number of pyridine rings is 1. The van der Waals surface area contributed by atoms with Gasteiger partial charge in [0.15, 0.2) is 0 Å². The van der Waals surface area contributed by atoms with Gasteiger partial charge in [-0.05, 0) is 73.5 Å². The largest absolute Gasteiger partial charge is 0.473 e. The van der Waals surface area contributed by atoms with E-state index >= 15 is 0 Å². The summed E-state index contributed by atoms with van der Waals surface area (Å²) in [5, 5.41) is 1.46. The van der Waals surface area contributed by atoms with Crippen LogP contribution in [0.4, 0.5) is 19.3 Å². The van der Waals surface area contributed by atoms with Crippen LogP contribution in [-0.2, 0) is 22.9 Å². The first-order chi connectivity index (χ1) is 18.0. The maximum Gasteiger partial charge on any atom is 0.332 e. The average Bonchev–Trinajstić information content (AvgIpc) is 3.29. The van der Waals surface area contributed by atoms with E-state index in [0.29, 0.717) is 18.2 Å². The van der Waals surface area contributed by atoms with Crippen molar-refractivity contribution in [3.8, 4) is 17.0 Å². The van der Waals surface area contributed by atoms with E-state index in [9.17, 15) is 22.0 Å². The molecule has 0 saturated heterocycles. The first-order valence-corrected chi connectivity index (χ1v) is 14.4. The number of alkyl halides is 2. The van der Waals surface area contributed by atoms with E-state index in [0.717, 1.165) is 66.6 Å². The lowest BCUT2D eigenvalue weighted by atomic mass is 9.93. The Hall–Kier alpha value is -3.05. The summed E-state index contributed by atoms with van der Waals surface area (Å²) in [6.07, 6.45) is 5.75. The molecule has 1 saturated carbocycles. The minimum absolute atomic E-state index is 0.426. The summed E-state index contributed by atoms with van der Waals surface area (Å²) in [6.45, 7) is 4.23. The number of ether oxygens (including phenoxy) is 1. The van der Waals surface area contributed by atoms with Gasteiger partial charge in [-0.1, -0.05) is 12.1 Å². The average molecular weight is 547 g/mol. The molecule has 1 aromatic carbocycles. The number of hydrogen-bond donors (Lipinski definition) is 2. The lowest BCUT2D eigenvalue weighted by molar-refractivity contribution is -0.0687. The lowest BCUT2D eigenvalue weighted by Gasteiger charge is -2.34. The van der Waals surface area contributed by atoms with Gasteiger partial charge in [-0.3, -0.25) is 0 Å². The number of carbonyl (C=O) groups is 1. The monoisotopic (exact) mass is 546 g/mol. The number of nitrogens with one attached hydrogen (secondary N) is 2. The molecule has 0 spiro atoms. The minimum Gasteiger partial charge on any atom is -0.473 e. The summed E-state index contributed by atoms with van der Waals surface area (Å²) in [5.74, 6) is -2.56. The highest BCUT2D eigenvalue weighted by Gasteiger charge is 2.52. The van der Waals surface area contributed by atoms with Crippen LogP contribution in [0, 0.1) is 6.92 Å². The molecule has 1 fully saturated rings. The second-order valence-electron chi connectivity index (χ2n) is 10.5. The van der Waals surface area contributed by atoms with Crippen LogP contribution in [0.5, 0.6) is 5.88 Å². The van der Waals surface area contributed by atoms with Crippen LogP contribution < -0.4 is 14.8 Å². The normalized spacial score (nSPS) is 19.3. The zero-order chi connectivity index (χ0) is 27.1. The number of amides is 2. The number of halogens is 2. The van der Waals surface area contributed by atoms with E-state index in [1.54, 1.807) is 6.20 Å². The van der Waals surface area contributed by atoms with E-state index in [4.69, 9.17) is 4.74 Å². The zero-order valence-corrected chi connectivity index (χ0v) is 22.3. The van der Waals surface area contributed by atoms with Crippen molar-refractivity contribution in [3.05, 3.63) is 52.7 Å². The first kappa shape index (κ1) is 26.6. The third kappa shape index (κ3) is 5.68. The van der Waals surface area contributed by atoms with E-state index in [2.05, 4.69) is 34.4 Å². The molecule has 1 aromatic heterocycles. The molecular weight excluding hydrogens is 514 g/mol. The van der Waals surface area contributed by atoms with Gasteiger partial charge in [-0.25, -0.2) is 31.7 Å². The van der Waals surface area contributed by atoms with Crippen molar-refractivity contribution in [1.82, 2.24) is 14.6 Å². The van der Waals surface area contributed by atoms with Crippen molar-refractivity contribution in [3.63, 3.8) is 0 Å². The highest BCUT2D eigenvalue weighted by molar-refractivity contribution is 7.90. The van der Waals surface area contributed by atoms with Gasteiger partial charge in [0, 0.05) is 43.8 Å². The predicted molar refractivity (Wildman–Crippen MR) is 141 cm³/mol. The number of anilines is 1. The summed E-state index contributed by atoms with van der Waals surface area (Å²) < 4.78 is 59.4. The summed E-state index contributed by atoms with van der Waals surface area (Å²) in [6, 6.07) is 4.77. The topological polar surface area (TPSA) is 101 Å². The van der Waals surface area contributed by atoms with Crippen molar-refractivity contribution in [2.75, 3.05) is 32.1 Å². The summed E-state index contributed by atoms with van der Waals surface area (Å²) in [4.78, 5) is 19.4. The molecule has 3 aliphatic rings. The molecule has 204 valence electrons. The van der Waals surface area contributed by atoms with Crippen LogP contribution in [0.3, 0.4) is 0 Å². The van der Waals surface area contributed by atoms with Crippen LogP contribution in [0.1, 0.15) is 42.4 Å². The molecule has 2 aromatic rings. The smallest absolute Gasteiger partial charge is 0.332 e. The molecule has 11 heteroatoms. The molecular formula is C27H32F2N4O4S. The zero-order valence-electron chi connectivity index (χ0n) is 21.5. The molecule has 0 radical (unpaired) electrons. The number of benzene rings is 1. The number of likely N-dealkylation sites (N-methyl/N-ethyl adjacent to an activating group) is 1. The van der Waals surface area contributed by atoms with E-state index < -0.39 is 40.1 Å². The molecule has 0 unspecified atom stereocenters. The quantitative estimate of drug-likeness (QED) is 0.499. The van der Waals surface area contributed by atoms with Gasteiger partial charge in [0.05, 0.1) is 10.9 Å². The fourth-order valence-corrected chi connectivity index (χ4v) is 6.88. The van der Waals surface area contributed by atoms with Gasteiger partial charge in [0.1, 0.15) is 6.61 Å². The molecule has 5 rings (SSSR count). The standard InChI is InChI=1S/C27H32F2N4O4S/c1-17-11-19-6-3-7-22(19)25(31-26(34)32-38(35,36)21-13-27(28,29)14-21)24(17)20-8-9-30-23(12-20)37-16-18-5-4-10-33(2)15-18/h5,8-9,11-12,21H,3-4,6-7,10,13-16H2,1-2H3,(H2,31,32,34). The Morgan fingerprint density at radius 1 is 1.26 bits per heavy atom. The number of carbonyl (C=O) groups excluding carboxylic acids is 1. The van der Waals surface area contributed by atoms with Crippen LogP contribution in [0.15, 0.2) is 36.0 Å². The summed E-state index contributed by atoms with van der Waals surface area (Å²) in [7, 11) is -2.16. The van der Waals surface area contributed by atoms with E-state index in [1.807, 2.05) is 23.8 Å². The Bertz CT molecular complexity index is 1390. The molecule has 0 bridgehead atoms. The second kappa shape index (κ2) is 10.3. The number of aryl methyl sites for hydroxylation is 2. The van der Waals surface area contributed by atoms with Gasteiger partial charge in [-0.15, -0.1) is 0 Å². The molecule has 2 N–H and O–H groups in total. The van der Waals surface area contributed by atoms with Crippen LogP contribution in [0.2, 0.25) is 0 Å². The summed E-state index contributed by atoms with van der Waals surface area (Å²) >= 11 is 0. The highest BCUT2D eigenvalue weighted by atomic mass is 32.2. The van der Waals surface area contributed by atoms with Gasteiger partial charge in [-0.2, -0.15) is 0 Å². The maximum atomic E-state index is 13.2. The Morgan fingerprint density at radius 3 is 2.79 bits per heavy atom. The number of sulfonamides is 1. The van der Waals surface area contributed by atoms with Gasteiger partial charge >= 0.3 is 6.03 Å². The van der Waals surface area contributed by atoms with Gasteiger partial charge < -0.3 is 15.0 Å². The molecule has 8 nitrogen and oxygen atoms in total. The number of hydrogen-bond acceptors (Lipinski definition) is 6. The second-order valence-corrected chi connectivity index (χ2v) is 12.4. The van der Waals surface area contributed by atoms with E-state index in [1.165, 1.54) is 5.57 Å². The van der Waals surface area contributed by atoms with Crippen LogP contribution >= 0.6 is 0 Å². The number of aromatic nitrogens is 1. The van der Waals surface area contributed by atoms with Crippen molar-refractivity contribution in [2.24, 2.45) is 0 Å². The van der Waals surface area contributed by atoms with Crippen molar-refractivity contribution in [1.29, 1.82) is 0 Å². The minimum atomic E-state index is -4.23. The maximum absolute atomic E-state index is 13.2. The number of rotatable bonds is 7. The van der Waals surface area contributed by atoms with Crippen LogP contribution in [-0.4, -0.2) is 62.2 Å². The molecule has 2 amide bonds. The predicted octanol–water partition coefficient (Wildman–Crippen LogP) is 4.44. The van der Waals surface area contributed by atoms with Gasteiger partial charge in [0.2, 0.25) is 15.9 Å². The Labute approximate surface area is 221 Å². The van der Waals surface area contributed by atoms with Crippen molar-refractivity contribution >= 4 is 21.7 Å². The lowest BCUT2D eigenvalue weighted by Crippen LogP contribution is -2.51. The van der Waals surface area contributed by atoms with Crippen molar-refractivity contribution in [2.45, 2.75) is 56.6 Å². The first-order valence-electron chi connectivity index (χ1n) is 12.8. The third-order valence-electron chi connectivity index (χ3n) is 7.41. The fourth-order valence-electron chi connectivity index (χ4n) is 5.48. The van der Waals surface area contributed by atoms with Crippen LogP contribution in [0.25, 0.3) is 11.1 Å². The third-order valence-corrected chi connectivity index (χ3v) is 9.09. The molecule has 1 aliphatic heterocycles. The SMILES string of the molecule is Cc1cc2c(c(NC(=O)NS(=O)(=O)C3CC(F)(F)C3)c1-c1ccnc(OCC3=CCCN(C)C3)c1)CCC2. The van der Waals surface area contributed by atoms with Crippen molar-refractivity contribution < 1.29 is 26.7 Å².